The minimum Gasteiger partial charge on any atom is -0.395 e. The zero-order chi connectivity index (χ0) is 13.3. The van der Waals surface area contributed by atoms with Crippen LogP contribution in [0.3, 0.4) is 0 Å². The summed E-state index contributed by atoms with van der Waals surface area (Å²) < 4.78 is 26.6. The molecule has 0 aromatic heterocycles. The van der Waals surface area contributed by atoms with Crippen molar-refractivity contribution in [2.75, 3.05) is 44.4 Å². The van der Waals surface area contributed by atoms with Gasteiger partial charge in [0.25, 0.3) is 0 Å². The zero-order valence-electron chi connectivity index (χ0n) is 10.8. The molecule has 1 aromatic carbocycles. The molecule has 3 nitrogen and oxygen atoms in total. The molecule has 0 saturated carbocycles. The summed E-state index contributed by atoms with van der Waals surface area (Å²) >= 11 is 0. The van der Waals surface area contributed by atoms with Gasteiger partial charge in [-0.05, 0) is 32.0 Å². The Balaban J connectivity index is 2.11. The molecule has 0 radical (unpaired) electrons. The summed E-state index contributed by atoms with van der Waals surface area (Å²) in [6.07, 6.45) is 1.11. The SMILES string of the molecule is CN1CCC(CN(C)c2cc(F)cc(F)c2N)C1. The van der Waals surface area contributed by atoms with Crippen LogP contribution < -0.4 is 10.6 Å². The van der Waals surface area contributed by atoms with Crippen molar-refractivity contribution in [2.45, 2.75) is 6.42 Å². The minimum atomic E-state index is -0.694. The van der Waals surface area contributed by atoms with Gasteiger partial charge < -0.3 is 15.5 Å². The van der Waals surface area contributed by atoms with Crippen molar-refractivity contribution in [3.63, 3.8) is 0 Å². The predicted molar refractivity (Wildman–Crippen MR) is 69.6 cm³/mol. The van der Waals surface area contributed by atoms with Crippen LogP contribution in [0.1, 0.15) is 6.42 Å². The molecule has 1 unspecified atom stereocenters. The topological polar surface area (TPSA) is 32.5 Å². The third kappa shape index (κ3) is 2.72. The Morgan fingerprint density at radius 2 is 2.17 bits per heavy atom. The molecule has 1 aliphatic rings. The van der Waals surface area contributed by atoms with E-state index in [-0.39, 0.29) is 5.69 Å². The van der Waals surface area contributed by atoms with Gasteiger partial charge in [0.1, 0.15) is 5.82 Å². The average Bonchev–Trinajstić information content (AvgIpc) is 2.69. The number of hydrogen-bond acceptors (Lipinski definition) is 3. The Kier molecular flexibility index (Phi) is 3.71. The molecule has 100 valence electrons. The minimum absolute atomic E-state index is 0.0188. The number of rotatable bonds is 3. The quantitative estimate of drug-likeness (QED) is 0.838. The largest absolute Gasteiger partial charge is 0.395 e. The standard InChI is InChI=1S/C13H19F2N3/c1-17-4-3-9(7-17)8-18(2)12-6-10(14)5-11(15)13(12)16/h5-6,9H,3-4,7-8,16H2,1-2H3. The van der Waals surface area contributed by atoms with Crippen molar-refractivity contribution in [2.24, 2.45) is 5.92 Å². The molecule has 1 heterocycles. The Morgan fingerprint density at radius 3 is 2.78 bits per heavy atom. The molecular weight excluding hydrogens is 236 g/mol. The Bertz CT molecular complexity index is 436. The fraction of sp³-hybridized carbons (Fsp3) is 0.538. The highest BCUT2D eigenvalue weighted by Crippen LogP contribution is 2.28. The van der Waals surface area contributed by atoms with Crippen molar-refractivity contribution in [3.05, 3.63) is 23.8 Å². The van der Waals surface area contributed by atoms with Crippen LogP contribution in [0.4, 0.5) is 20.2 Å². The number of benzene rings is 1. The van der Waals surface area contributed by atoms with E-state index in [2.05, 4.69) is 11.9 Å². The van der Waals surface area contributed by atoms with Gasteiger partial charge in [-0.2, -0.15) is 0 Å². The normalized spacial score (nSPS) is 20.3. The zero-order valence-corrected chi connectivity index (χ0v) is 10.8. The number of nitrogen functional groups attached to an aromatic ring is 1. The van der Waals surface area contributed by atoms with Crippen molar-refractivity contribution >= 4 is 11.4 Å². The molecule has 1 atom stereocenters. The molecule has 0 spiro atoms. The van der Waals surface area contributed by atoms with Crippen LogP contribution in [0.25, 0.3) is 0 Å². The van der Waals surface area contributed by atoms with Crippen molar-refractivity contribution in [1.82, 2.24) is 4.90 Å². The monoisotopic (exact) mass is 255 g/mol. The molecule has 0 aliphatic carbocycles. The Labute approximate surface area is 106 Å². The summed E-state index contributed by atoms with van der Waals surface area (Å²) in [6, 6.07) is 2.10. The van der Waals surface area contributed by atoms with Crippen LogP contribution >= 0.6 is 0 Å². The Hall–Kier alpha value is -1.36. The highest BCUT2D eigenvalue weighted by atomic mass is 19.1. The lowest BCUT2D eigenvalue weighted by Crippen LogP contribution is -2.28. The summed E-state index contributed by atoms with van der Waals surface area (Å²) in [6.45, 7) is 2.85. The van der Waals surface area contributed by atoms with Gasteiger partial charge in [0.15, 0.2) is 5.82 Å². The number of anilines is 2. The van der Waals surface area contributed by atoms with E-state index in [9.17, 15) is 8.78 Å². The van der Waals surface area contributed by atoms with Gasteiger partial charge in [-0.15, -0.1) is 0 Å². The van der Waals surface area contributed by atoms with Crippen LogP contribution in [0.2, 0.25) is 0 Å². The first-order valence-electron chi connectivity index (χ1n) is 6.11. The van der Waals surface area contributed by atoms with E-state index in [0.717, 1.165) is 32.1 Å². The maximum absolute atomic E-state index is 13.4. The van der Waals surface area contributed by atoms with Gasteiger partial charge in [0, 0.05) is 26.2 Å². The molecule has 2 rings (SSSR count). The molecular formula is C13H19F2N3. The summed E-state index contributed by atoms with van der Waals surface area (Å²) in [4.78, 5) is 4.10. The van der Waals surface area contributed by atoms with Crippen LogP contribution in [0.5, 0.6) is 0 Å². The molecule has 0 bridgehead atoms. The number of likely N-dealkylation sites (tertiary alicyclic amines) is 1. The first kappa shape index (κ1) is 13.1. The third-order valence-electron chi connectivity index (χ3n) is 3.50. The second-order valence-electron chi connectivity index (χ2n) is 5.12. The lowest BCUT2D eigenvalue weighted by molar-refractivity contribution is 0.396. The van der Waals surface area contributed by atoms with Gasteiger partial charge in [0.05, 0.1) is 11.4 Å². The second-order valence-corrected chi connectivity index (χ2v) is 5.12. The van der Waals surface area contributed by atoms with Crippen molar-refractivity contribution in [3.8, 4) is 0 Å². The highest BCUT2D eigenvalue weighted by molar-refractivity contribution is 5.67. The molecule has 1 aliphatic heterocycles. The van der Waals surface area contributed by atoms with E-state index in [1.54, 1.807) is 0 Å². The summed E-state index contributed by atoms with van der Waals surface area (Å²) in [5.41, 5.74) is 6.11. The third-order valence-corrected chi connectivity index (χ3v) is 3.50. The fourth-order valence-corrected chi connectivity index (χ4v) is 2.55. The van der Waals surface area contributed by atoms with E-state index in [4.69, 9.17) is 5.73 Å². The maximum atomic E-state index is 13.4. The number of nitrogens with zero attached hydrogens (tertiary/aromatic N) is 2. The smallest absolute Gasteiger partial charge is 0.151 e. The lowest BCUT2D eigenvalue weighted by Gasteiger charge is -2.24. The molecule has 1 aromatic rings. The fourth-order valence-electron chi connectivity index (χ4n) is 2.55. The first-order chi connectivity index (χ1) is 8.47. The van der Waals surface area contributed by atoms with Crippen molar-refractivity contribution in [1.29, 1.82) is 0 Å². The van der Waals surface area contributed by atoms with Crippen LogP contribution in [0, 0.1) is 17.6 Å². The molecule has 5 heteroatoms. The molecule has 1 saturated heterocycles. The maximum Gasteiger partial charge on any atom is 0.151 e. The van der Waals surface area contributed by atoms with E-state index < -0.39 is 11.6 Å². The van der Waals surface area contributed by atoms with Gasteiger partial charge in [0.2, 0.25) is 0 Å². The van der Waals surface area contributed by atoms with Crippen molar-refractivity contribution < 1.29 is 8.78 Å². The highest BCUT2D eigenvalue weighted by Gasteiger charge is 2.22. The molecule has 18 heavy (non-hydrogen) atoms. The van der Waals surface area contributed by atoms with Gasteiger partial charge in [-0.25, -0.2) is 8.78 Å². The second kappa shape index (κ2) is 5.10. The predicted octanol–water partition coefficient (Wildman–Crippen LogP) is 1.93. The number of nitrogens with two attached hydrogens (primary N) is 1. The van der Waals surface area contributed by atoms with Crippen LogP contribution in [-0.2, 0) is 0 Å². The Morgan fingerprint density at radius 1 is 1.44 bits per heavy atom. The van der Waals surface area contributed by atoms with Crippen LogP contribution in [-0.4, -0.2) is 38.6 Å². The van der Waals surface area contributed by atoms with Crippen LogP contribution in [0.15, 0.2) is 12.1 Å². The van der Waals surface area contributed by atoms with E-state index in [1.807, 2.05) is 11.9 Å². The molecule has 0 amide bonds. The van der Waals surface area contributed by atoms with E-state index in [0.29, 0.717) is 11.6 Å². The van der Waals surface area contributed by atoms with E-state index >= 15 is 0 Å². The molecule has 1 fully saturated rings. The van der Waals surface area contributed by atoms with E-state index in [1.165, 1.54) is 6.07 Å². The van der Waals surface area contributed by atoms with Gasteiger partial charge in [-0.3, -0.25) is 0 Å². The summed E-state index contributed by atoms with van der Waals surface area (Å²) in [5.74, 6) is -0.766. The number of halogens is 2. The summed E-state index contributed by atoms with van der Waals surface area (Å²) in [5, 5.41) is 0. The molecule has 2 N–H and O–H groups in total. The number of hydrogen-bond donors (Lipinski definition) is 1. The van der Waals surface area contributed by atoms with Gasteiger partial charge >= 0.3 is 0 Å². The lowest BCUT2D eigenvalue weighted by atomic mass is 10.1. The van der Waals surface area contributed by atoms with Gasteiger partial charge in [-0.1, -0.05) is 0 Å². The average molecular weight is 255 g/mol. The first-order valence-corrected chi connectivity index (χ1v) is 6.11. The summed E-state index contributed by atoms with van der Waals surface area (Å²) in [7, 11) is 3.90.